The minimum atomic E-state index is 0.448. The van der Waals surface area contributed by atoms with E-state index in [4.69, 9.17) is 16.3 Å². The lowest BCUT2D eigenvalue weighted by Crippen LogP contribution is -2.33. The van der Waals surface area contributed by atoms with Crippen LogP contribution in [0.4, 0.5) is 0 Å². The van der Waals surface area contributed by atoms with Gasteiger partial charge in [0.25, 0.3) is 0 Å². The standard InChI is InChI=1S/C15H22ClNO/c1-17-14(10-12-4-2-3-5-12)11-18-15-8-6-13(16)7-9-15/h6-9,12,14,17H,2-5,10-11H2,1H3. The highest BCUT2D eigenvalue weighted by Gasteiger charge is 2.19. The van der Waals surface area contributed by atoms with Crippen molar-refractivity contribution in [3.8, 4) is 5.75 Å². The van der Waals surface area contributed by atoms with Gasteiger partial charge in [0.15, 0.2) is 0 Å². The Bertz CT molecular complexity index is 346. The first-order chi connectivity index (χ1) is 8.78. The topological polar surface area (TPSA) is 21.3 Å². The molecule has 1 unspecified atom stereocenters. The van der Waals surface area contributed by atoms with Gasteiger partial charge in [-0.1, -0.05) is 37.3 Å². The molecule has 1 N–H and O–H groups in total. The van der Waals surface area contributed by atoms with Crippen molar-refractivity contribution in [2.75, 3.05) is 13.7 Å². The summed E-state index contributed by atoms with van der Waals surface area (Å²) in [5.41, 5.74) is 0. The van der Waals surface area contributed by atoms with Crippen molar-refractivity contribution in [2.45, 2.75) is 38.1 Å². The fourth-order valence-electron chi connectivity index (χ4n) is 2.65. The number of likely N-dealkylation sites (N-methyl/N-ethyl adjacent to an activating group) is 1. The van der Waals surface area contributed by atoms with E-state index in [1.54, 1.807) is 0 Å². The second-order valence-electron chi connectivity index (χ2n) is 5.14. The third-order valence-corrected chi connectivity index (χ3v) is 4.02. The van der Waals surface area contributed by atoms with E-state index in [0.717, 1.165) is 23.3 Å². The summed E-state index contributed by atoms with van der Waals surface area (Å²) in [6.45, 7) is 0.731. The molecule has 18 heavy (non-hydrogen) atoms. The van der Waals surface area contributed by atoms with Crippen LogP contribution in [0.15, 0.2) is 24.3 Å². The summed E-state index contributed by atoms with van der Waals surface area (Å²) in [5, 5.41) is 4.11. The molecule has 1 atom stereocenters. The third kappa shape index (κ3) is 4.18. The van der Waals surface area contributed by atoms with Crippen LogP contribution in [-0.2, 0) is 0 Å². The van der Waals surface area contributed by atoms with Crippen molar-refractivity contribution in [1.29, 1.82) is 0 Å². The molecule has 1 aliphatic rings. The molecule has 1 aliphatic carbocycles. The van der Waals surface area contributed by atoms with Gasteiger partial charge in [-0.05, 0) is 43.7 Å². The molecule has 1 aromatic carbocycles. The maximum absolute atomic E-state index is 5.85. The zero-order valence-electron chi connectivity index (χ0n) is 11.0. The molecular formula is C15H22ClNO. The van der Waals surface area contributed by atoms with Gasteiger partial charge in [-0.3, -0.25) is 0 Å². The number of ether oxygens (including phenoxy) is 1. The maximum atomic E-state index is 5.85. The van der Waals surface area contributed by atoms with Crippen LogP contribution in [-0.4, -0.2) is 19.7 Å². The minimum absolute atomic E-state index is 0.448. The Kier molecular flexibility index (Phi) is 5.33. The monoisotopic (exact) mass is 267 g/mol. The predicted molar refractivity (Wildman–Crippen MR) is 76.4 cm³/mol. The Labute approximate surface area is 115 Å². The minimum Gasteiger partial charge on any atom is -0.492 e. The summed E-state index contributed by atoms with van der Waals surface area (Å²) in [6, 6.07) is 8.02. The van der Waals surface area contributed by atoms with Crippen molar-refractivity contribution in [3.05, 3.63) is 29.3 Å². The first kappa shape index (κ1) is 13.7. The van der Waals surface area contributed by atoms with Gasteiger partial charge in [0.2, 0.25) is 0 Å². The van der Waals surface area contributed by atoms with Crippen molar-refractivity contribution in [2.24, 2.45) is 5.92 Å². The lowest BCUT2D eigenvalue weighted by molar-refractivity contribution is 0.245. The second kappa shape index (κ2) is 7.01. The van der Waals surface area contributed by atoms with Gasteiger partial charge in [0, 0.05) is 11.1 Å². The van der Waals surface area contributed by atoms with Crippen LogP contribution in [0, 0.1) is 5.92 Å². The van der Waals surface area contributed by atoms with Crippen LogP contribution < -0.4 is 10.1 Å². The second-order valence-corrected chi connectivity index (χ2v) is 5.57. The highest BCUT2D eigenvalue weighted by molar-refractivity contribution is 6.30. The van der Waals surface area contributed by atoms with Gasteiger partial charge >= 0.3 is 0 Å². The molecule has 3 heteroatoms. The van der Waals surface area contributed by atoms with E-state index < -0.39 is 0 Å². The number of nitrogens with one attached hydrogen (secondary N) is 1. The fourth-order valence-corrected chi connectivity index (χ4v) is 2.77. The molecule has 0 aliphatic heterocycles. The van der Waals surface area contributed by atoms with Gasteiger partial charge in [0.1, 0.15) is 12.4 Å². The van der Waals surface area contributed by atoms with Crippen LogP contribution in [0.5, 0.6) is 5.75 Å². The Hall–Kier alpha value is -0.730. The SMILES string of the molecule is CNC(COc1ccc(Cl)cc1)CC1CCCC1. The molecule has 0 heterocycles. The van der Waals surface area contributed by atoms with E-state index in [0.29, 0.717) is 6.04 Å². The van der Waals surface area contributed by atoms with E-state index in [2.05, 4.69) is 5.32 Å². The molecule has 1 fully saturated rings. The quantitative estimate of drug-likeness (QED) is 0.844. The molecule has 0 aromatic heterocycles. The molecule has 1 saturated carbocycles. The molecule has 0 bridgehead atoms. The Morgan fingerprint density at radius 2 is 1.94 bits per heavy atom. The van der Waals surface area contributed by atoms with Crippen molar-refractivity contribution in [1.82, 2.24) is 5.32 Å². The lowest BCUT2D eigenvalue weighted by atomic mass is 9.99. The van der Waals surface area contributed by atoms with E-state index in [-0.39, 0.29) is 0 Å². The third-order valence-electron chi connectivity index (χ3n) is 3.77. The summed E-state index contributed by atoms with van der Waals surface area (Å²) in [4.78, 5) is 0. The molecule has 2 rings (SSSR count). The van der Waals surface area contributed by atoms with E-state index in [1.165, 1.54) is 32.1 Å². The molecule has 0 spiro atoms. The number of hydrogen-bond donors (Lipinski definition) is 1. The van der Waals surface area contributed by atoms with Crippen molar-refractivity contribution >= 4 is 11.6 Å². The number of hydrogen-bond acceptors (Lipinski definition) is 2. The zero-order valence-corrected chi connectivity index (χ0v) is 11.7. The first-order valence-electron chi connectivity index (χ1n) is 6.83. The van der Waals surface area contributed by atoms with Crippen molar-refractivity contribution in [3.63, 3.8) is 0 Å². The van der Waals surface area contributed by atoms with Crippen LogP contribution in [0.25, 0.3) is 0 Å². The molecule has 0 radical (unpaired) electrons. The number of rotatable bonds is 6. The predicted octanol–water partition coefficient (Wildman–Crippen LogP) is 3.89. The van der Waals surface area contributed by atoms with Crippen LogP contribution in [0.2, 0.25) is 5.02 Å². The summed E-state index contributed by atoms with van der Waals surface area (Å²) in [7, 11) is 2.02. The van der Waals surface area contributed by atoms with Crippen LogP contribution in [0.3, 0.4) is 0 Å². The lowest BCUT2D eigenvalue weighted by Gasteiger charge is -2.20. The van der Waals surface area contributed by atoms with Gasteiger partial charge in [0.05, 0.1) is 0 Å². The van der Waals surface area contributed by atoms with Gasteiger partial charge in [-0.25, -0.2) is 0 Å². The highest BCUT2D eigenvalue weighted by atomic mass is 35.5. The molecule has 2 nitrogen and oxygen atoms in total. The largest absolute Gasteiger partial charge is 0.492 e. The van der Waals surface area contributed by atoms with E-state index in [9.17, 15) is 0 Å². The van der Waals surface area contributed by atoms with Gasteiger partial charge in [-0.2, -0.15) is 0 Å². The summed E-state index contributed by atoms with van der Waals surface area (Å²) < 4.78 is 5.80. The van der Waals surface area contributed by atoms with Crippen LogP contribution >= 0.6 is 11.6 Å². The summed E-state index contributed by atoms with van der Waals surface area (Å²) >= 11 is 5.85. The maximum Gasteiger partial charge on any atom is 0.119 e. The van der Waals surface area contributed by atoms with E-state index in [1.807, 2.05) is 31.3 Å². The zero-order chi connectivity index (χ0) is 12.8. The fraction of sp³-hybridized carbons (Fsp3) is 0.600. The molecule has 0 amide bonds. The van der Waals surface area contributed by atoms with Gasteiger partial charge in [-0.15, -0.1) is 0 Å². The Balaban J connectivity index is 1.77. The average Bonchev–Trinajstić information content (AvgIpc) is 2.89. The number of halogens is 1. The molecule has 1 aromatic rings. The highest BCUT2D eigenvalue weighted by Crippen LogP contribution is 2.28. The normalized spacial score (nSPS) is 17.9. The molecule has 100 valence electrons. The number of benzene rings is 1. The van der Waals surface area contributed by atoms with Crippen LogP contribution in [0.1, 0.15) is 32.1 Å². The Morgan fingerprint density at radius 3 is 2.56 bits per heavy atom. The smallest absolute Gasteiger partial charge is 0.119 e. The summed E-state index contributed by atoms with van der Waals surface area (Å²) in [6.07, 6.45) is 6.81. The molecule has 0 saturated heterocycles. The molecular weight excluding hydrogens is 246 g/mol. The average molecular weight is 268 g/mol. The summed E-state index contributed by atoms with van der Waals surface area (Å²) in [5.74, 6) is 1.78. The first-order valence-corrected chi connectivity index (χ1v) is 7.21. The Morgan fingerprint density at radius 1 is 1.28 bits per heavy atom. The van der Waals surface area contributed by atoms with Crippen molar-refractivity contribution < 1.29 is 4.74 Å². The van der Waals surface area contributed by atoms with Gasteiger partial charge < -0.3 is 10.1 Å². The van der Waals surface area contributed by atoms with E-state index >= 15 is 0 Å².